The minimum absolute atomic E-state index is 0.712. The fourth-order valence-corrected chi connectivity index (χ4v) is 3.77. The second-order valence-electron chi connectivity index (χ2n) is 6.63. The van der Waals surface area contributed by atoms with E-state index in [0.717, 1.165) is 25.8 Å². The van der Waals surface area contributed by atoms with Gasteiger partial charge in [-0.1, -0.05) is 25.3 Å². The number of ether oxygens (including phenoxy) is 1. The molecule has 1 aliphatic carbocycles. The van der Waals surface area contributed by atoms with Crippen LogP contribution in [0, 0.1) is 5.92 Å². The van der Waals surface area contributed by atoms with Crippen molar-refractivity contribution in [3.05, 3.63) is 30.1 Å². The van der Waals surface area contributed by atoms with Crippen molar-refractivity contribution < 1.29 is 4.74 Å². The predicted molar refractivity (Wildman–Crippen MR) is 85.1 cm³/mol. The smallest absolute Gasteiger partial charge is 0.0544 e. The Balaban J connectivity index is 1.64. The van der Waals surface area contributed by atoms with Gasteiger partial charge in [0.1, 0.15) is 0 Å². The lowest BCUT2D eigenvalue weighted by Gasteiger charge is -2.37. The van der Waals surface area contributed by atoms with Gasteiger partial charge in [-0.15, -0.1) is 0 Å². The number of aromatic nitrogens is 1. The molecule has 1 saturated heterocycles. The molecular formula is C18H28N2O. The second-order valence-corrected chi connectivity index (χ2v) is 6.63. The molecule has 3 heteroatoms. The maximum atomic E-state index is 5.68. The molecule has 2 heterocycles. The molecule has 2 aliphatic rings. The molecule has 2 fully saturated rings. The van der Waals surface area contributed by atoms with E-state index in [9.17, 15) is 0 Å². The molecule has 0 amide bonds. The Labute approximate surface area is 128 Å². The van der Waals surface area contributed by atoms with Gasteiger partial charge in [0.15, 0.2) is 0 Å². The zero-order valence-corrected chi connectivity index (χ0v) is 13.0. The number of rotatable bonds is 5. The van der Waals surface area contributed by atoms with Crippen molar-refractivity contribution in [3.63, 3.8) is 0 Å². The highest BCUT2D eigenvalue weighted by atomic mass is 16.5. The van der Waals surface area contributed by atoms with Crippen molar-refractivity contribution in [1.82, 2.24) is 9.88 Å². The highest BCUT2D eigenvalue weighted by Crippen LogP contribution is 2.26. The quantitative estimate of drug-likeness (QED) is 0.827. The van der Waals surface area contributed by atoms with Crippen molar-refractivity contribution >= 4 is 0 Å². The summed E-state index contributed by atoms with van der Waals surface area (Å²) in [5.74, 6) is 0.712. The van der Waals surface area contributed by atoms with Gasteiger partial charge in [0.05, 0.1) is 12.3 Å². The van der Waals surface area contributed by atoms with Gasteiger partial charge in [-0.05, 0) is 43.7 Å². The van der Waals surface area contributed by atoms with Gasteiger partial charge in [0, 0.05) is 31.9 Å². The molecular weight excluding hydrogens is 260 g/mol. The summed E-state index contributed by atoms with van der Waals surface area (Å²) in [4.78, 5) is 7.23. The number of hydrogen-bond donors (Lipinski definition) is 0. The third-order valence-corrected chi connectivity index (χ3v) is 4.93. The SMILES string of the molecule is c1ccc(CN(CC2CCCOC2)C2CCCCC2)nc1. The molecule has 0 aromatic carbocycles. The molecule has 1 aliphatic heterocycles. The Bertz CT molecular complexity index is 397. The fourth-order valence-electron chi connectivity index (χ4n) is 3.77. The molecule has 0 spiro atoms. The maximum absolute atomic E-state index is 5.68. The standard InChI is InChI=1S/C18H28N2O/c1-2-9-18(10-3-1)20(13-16-7-6-12-21-15-16)14-17-8-4-5-11-19-17/h4-5,8,11,16,18H,1-3,6-7,9-10,12-15H2. The minimum Gasteiger partial charge on any atom is -0.381 e. The van der Waals surface area contributed by atoms with E-state index in [0.29, 0.717) is 5.92 Å². The summed E-state index contributed by atoms with van der Waals surface area (Å²) in [5, 5.41) is 0. The number of pyridine rings is 1. The van der Waals surface area contributed by atoms with Crippen LogP contribution < -0.4 is 0 Å². The summed E-state index contributed by atoms with van der Waals surface area (Å²) < 4.78 is 5.68. The average Bonchev–Trinajstić information content (AvgIpc) is 2.57. The average molecular weight is 288 g/mol. The first kappa shape index (κ1) is 15.0. The van der Waals surface area contributed by atoms with E-state index in [1.165, 1.54) is 57.2 Å². The summed E-state index contributed by atoms with van der Waals surface area (Å²) in [6.45, 7) is 4.09. The van der Waals surface area contributed by atoms with Crippen LogP contribution in [-0.4, -0.2) is 35.7 Å². The van der Waals surface area contributed by atoms with Crippen LogP contribution >= 0.6 is 0 Å². The van der Waals surface area contributed by atoms with Gasteiger partial charge in [-0.2, -0.15) is 0 Å². The van der Waals surface area contributed by atoms with Crippen LogP contribution in [-0.2, 0) is 11.3 Å². The first-order valence-electron chi connectivity index (χ1n) is 8.63. The Morgan fingerprint density at radius 2 is 2.00 bits per heavy atom. The predicted octanol–water partition coefficient (Wildman–Crippen LogP) is 3.64. The third-order valence-electron chi connectivity index (χ3n) is 4.93. The van der Waals surface area contributed by atoms with Crippen LogP contribution in [0.4, 0.5) is 0 Å². The minimum atomic E-state index is 0.712. The second kappa shape index (κ2) is 7.90. The number of nitrogens with zero attached hydrogens (tertiary/aromatic N) is 2. The lowest BCUT2D eigenvalue weighted by molar-refractivity contribution is 0.0241. The van der Waals surface area contributed by atoms with E-state index >= 15 is 0 Å². The monoisotopic (exact) mass is 288 g/mol. The molecule has 0 bridgehead atoms. The molecule has 1 aromatic rings. The lowest BCUT2D eigenvalue weighted by atomic mass is 9.92. The van der Waals surface area contributed by atoms with Crippen molar-refractivity contribution in [2.24, 2.45) is 5.92 Å². The zero-order chi connectivity index (χ0) is 14.3. The molecule has 116 valence electrons. The van der Waals surface area contributed by atoms with Crippen molar-refractivity contribution in [2.75, 3.05) is 19.8 Å². The Morgan fingerprint density at radius 3 is 2.71 bits per heavy atom. The zero-order valence-electron chi connectivity index (χ0n) is 13.0. The largest absolute Gasteiger partial charge is 0.381 e. The van der Waals surface area contributed by atoms with E-state index in [-0.39, 0.29) is 0 Å². The fraction of sp³-hybridized carbons (Fsp3) is 0.722. The Hall–Kier alpha value is -0.930. The third kappa shape index (κ3) is 4.52. The van der Waals surface area contributed by atoms with Crippen LogP contribution in [0.25, 0.3) is 0 Å². The van der Waals surface area contributed by atoms with Crippen LogP contribution in [0.5, 0.6) is 0 Å². The molecule has 3 rings (SSSR count). The van der Waals surface area contributed by atoms with Crippen LogP contribution in [0.15, 0.2) is 24.4 Å². The normalized spacial score (nSPS) is 24.3. The van der Waals surface area contributed by atoms with Gasteiger partial charge in [0.25, 0.3) is 0 Å². The maximum Gasteiger partial charge on any atom is 0.0544 e. The summed E-state index contributed by atoms with van der Waals surface area (Å²) in [5.41, 5.74) is 1.21. The first-order chi connectivity index (χ1) is 10.4. The molecule has 1 atom stereocenters. The van der Waals surface area contributed by atoms with Gasteiger partial charge in [0.2, 0.25) is 0 Å². The van der Waals surface area contributed by atoms with E-state index < -0.39 is 0 Å². The van der Waals surface area contributed by atoms with Crippen LogP contribution in [0.3, 0.4) is 0 Å². The van der Waals surface area contributed by atoms with Crippen molar-refractivity contribution in [3.8, 4) is 0 Å². The molecule has 1 saturated carbocycles. The molecule has 21 heavy (non-hydrogen) atoms. The Morgan fingerprint density at radius 1 is 1.10 bits per heavy atom. The van der Waals surface area contributed by atoms with E-state index in [2.05, 4.69) is 22.0 Å². The van der Waals surface area contributed by atoms with E-state index in [4.69, 9.17) is 4.74 Å². The van der Waals surface area contributed by atoms with E-state index in [1.807, 2.05) is 12.3 Å². The van der Waals surface area contributed by atoms with Crippen LogP contribution in [0.1, 0.15) is 50.6 Å². The van der Waals surface area contributed by atoms with Gasteiger partial charge >= 0.3 is 0 Å². The van der Waals surface area contributed by atoms with Gasteiger partial charge in [-0.3, -0.25) is 9.88 Å². The van der Waals surface area contributed by atoms with E-state index in [1.54, 1.807) is 0 Å². The van der Waals surface area contributed by atoms with Crippen molar-refractivity contribution in [1.29, 1.82) is 0 Å². The molecule has 0 radical (unpaired) electrons. The molecule has 3 nitrogen and oxygen atoms in total. The first-order valence-corrected chi connectivity index (χ1v) is 8.63. The summed E-state index contributed by atoms with van der Waals surface area (Å²) in [6, 6.07) is 7.02. The van der Waals surface area contributed by atoms with Gasteiger partial charge in [-0.25, -0.2) is 0 Å². The van der Waals surface area contributed by atoms with Gasteiger partial charge < -0.3 is 4.74 Å². The summed E-state index contributed by atoms with van der Waals surface area (Å²) >= 11 is 0. The highest BCUT2D eigenvalue weighted by Gasteiger charge is 2.25. The summed E-state index contributed by atoms with van der Waals surface area (Å²) in [6.07, 6.45) is 11.4. The highest BCUT2D eigenvalue weighted by molar-refractivity contribution is 5.03. The topological polar surface area (TPSA) is 25.4 Å². The Kier molecular flexibility index (Phi) is 5.64. The van der Waals surface area contributed by atoms with Crippen molar-refractivity contribution in [2.45, 2.75) is 57.5 Å². The van der Waals surface area contributed by atoms with Crippen LogP contribution in [0.2, 0.25) is 0 Å². The summed E-state index contributed by atoms with van der Waals surface area (Å²) in [7, 11) is 0. The molecule has 0 N–H and O–H groups in total. The molecule has 1 aromatic heterocycles. The number of hydrogen-bond acceptors (Lipinski definition) is 3. The lowest BCUT2D eigenvalue weighted by Crippen LogP contribution is -2.41. The molecule has 1 unspecified atom stereocenters.